The maximum atomic E-state index is 13.9. The van der Waals surface area contributed by atoms with E-state index in [1.807, 2.05) is 53.7 Å². The van der Waals surface area contributed by atoms with Gasteiger partial charge in [0.2, 0.25) is 5.76 Å². The number of hydrogen-bond acceptors (Lipinski definition) is 14. The van der Waals surface area contributed by atoms with Crippen LogP contribution in [0.2, 0.25) is 0 Å². The van der Waals surface area contributed by atoms with Crippen LogP contribution < -0.4 is 5.73 Å². The van der Waals surface area contributed by atoms with E-state index in [2.05, 4.69) is 0 Å². The lowest BCUT2D eigenvalue weighted by Crippen LogP contribution is -2.59. The molecule has 0 aliphatic carbocycles. The molecule has 0 unspecified atom stereocenters. The Hall–Kier alpha value is -3.12. The highest BCUT2D eigenvalue weighted by atomic mass is 16.7. The second-order valence-electron chi connectivity index (χ2n) is 17.5. The van der Waals surface area contributed by atoms with Gasteiger partial charge in [-0.2, -0.15) is 0 Å². The van der Waals surface area contributed by atoms with E-state index in [0.717, 1.165) is 5.57 Å². The van der Waals surface area contributed by atoms with Crippen molar-refractivity contribution >= 4 is 12.1 Å². The molecular formula is C46H75NO14. The third-order valence-corrected chi connectivity index (χ3v) is 12.8. The Kier molecular flexibility index (Phi) is 20.1. The SMILES string of the molecule is CC=C[C@H]1O[C@@](O)([C@@H](C)[C@H](O)[C@H](C)[C@H]2OC(=O)C(OC)=CC(C)=C[C@@H](C)[C@H](O)[C@@H](CC)[C@H](O)[C@H](C)CC(C)=CC=C[C@@H]2OC)C[C@@H](O[C@H]2C[C@@H](O)[C@H](OC(N)=O)[C@@H](C)O2)[C@@H]1C. The first-order valence-corrected chi connectivity index (χ1v) is 21.7. The van der Waals surface area contributed by atoms with Crippen molar-refractivity contribution in [1.29, 1.82) is 0 Å². The zero-order valence-electron chi connectivity index (χ0n) is 38.2. The minimum Gasteiger partial charge on any atom is -0.490 e. The van der Waals surface area contributed by atoms with Gasteiger partial charge in [0.1, 0.15) is 12.2 Å². The number of primary amides is 1. The number of allylic oxidation sites excluding steroid dienone is 6. The number of esters is 1. The predicted octanol–water partition coefficient (Wildman–Crippen LogP) is 4.98. The standard InChI is InChI=1S/C46H75NO14/c1-13-16-34-28(7)37(58-38-22-33(48)43(31(10)57-38)60-45(47)53)23-46(54,61-34)30(9)41(51)29(8)42-35(55-11)18-15-17-24(3)19-26(5)39(49)32(14-2)40(50)27(6)20-25(4)21-36(56-12)44(52)59-42/h13,15-18,20-21,26-35,37-43,48-51,54H,14,19,22-23H2,1-12H3,(H2,47,53)/t26-,27-,28-,29+,30+,31-,32+,33-,34-,35+,37-,38+,39-,40+,41-,42-,43-,46-/m1/s1. The normalized spacial score (nSPS) is 39.1. The number of hydrogen-bond donors (Lipinski definition) is 6. The molecule has 61 heavy (non-hydrogen) atoms. The second-order valence-corrected chi connectivity index (χ2v) is 17.5. The van der Waals surface area contributed by atoms with Gasteiger partial charge in [0.05, 0.1) is 49.8 Å². The van der Waals surface area contributed by atoms with Crippen LogP contribution in [-0.4, -0.2) is 125 Å². The maximum Gasteiger partial charge on any atom is 0.404 e. The van der Waals surface area contributed by atoms with Gasteiger partial charge in [-0.3, -0.25) is 0 Å². The van der Waals surface area contributed by atoms with Crippen molar-refractivity contribution in [2.75, 3.05) is 14.2 Å². The monoisotopic (exact) mass is 866 g/mol. The van der Waals surface area contributed by atoms with Gasteiger partial charge in [-0.25, -0.2) is 9.59 Å². The van der Waals surface area contributed by atoms with E-state index in [9.17, 15) is 35.1 Å². The number of cyclic esters (lactones) is 1. The van der Waals surface area contributed by atoms with Crippen LogP contribution in [-0.2, 0) is 38.0 Å². The second kappa shape index (κ2) is 23.5. The first-order chi connectivity index (χ1) is 28.6. The molecule has 0 aromatic heterocycles. The molecule has 348 valence electrons. The minimum atomic E-state index is -1.97. The van der Waals surface area contributed by atoms with Crippen LogP contribution in [0.1, 0.15) is 94.9 Å². The summed E-state index contributed by atoms with van der Waals surface area (Å²) in [5.41, 5.74) is 6.78. The summed E-state index contributed by atoms with van der Waals surface area (Å²) in [5.74, 6) is -6.00. The topological polar surface area (TPSA) is 226 Å². The van der Waals surface area contributed by atoms with Crippen LogP contribution in [0, 0.1) is 35.5 Å². The van der Waals surface area contributed by atoms with Crippen LogP contribution in [0.25, 0.3) is 0 Å². The van der Waals surface area contributed by atoms with E-state index in [1.165, 1.54) is 20.3 Å². The Labute approximate surface area is 362 Å². The van der Waals surface area contributed by atoms with Crippen molar-refractivity contribution in [3.05, 3.63) is 59.4 Å². The van der Waals surface area contributed by atoms with E-state index in [1.54, 1.807) is 52.0 Å². The van der Waals surface area contributed by atoms with Crippen LogP contribution in [0.15, 0.2) is 59.4 Å². The molecule has 3 aliphatic rings. The molecule has 0 radical (unpaired) electrons. The summed E-state index contributed by atoms with van der Waals surface area (Å²) < 4.78 is 41.4. The number of methoxy groups -OCH3 is 2. The van der Waals surface area contributed by atoms with Gasteiger partial charge in [-0.15, -0.1) is 0 Å². The Bertz CT molecular complexity index is 1570. The van der Waals surface area contributed by atoms with Gasteiger partial charge in [-0.1, -0.05) is 89.1 Å². The van der Waals surface area contributed by atoms with E-state index >= 15 is 0 Å². The molecule has 1 amide bonds. The summed E-state index contributed by atoms with van der Waals surface area (Å²) in [6, 6.07) is 0. The highest BCUT2D eigenvalue weighted by Crippen LogP contribution is 2.42. The zero-order valence-corrected chi connectivity index (χ0v) is 38.2. The van der Waals surface area contributed by atoms with Crippen molar-refractivity contribution in [2.24, 2.45) is 41.2 Å². The van der Waals surface area contributed by atoms with Crippen LogP contribution >= 0.6 is 0 Å². The molecule has 7 N–H and O–H groups in total. The fourth-order valence-electron chi connectivity index (χ4n) is 8.94. The third kappa shape index (κ3) is 13.7. The number of rotatable bonds is 11. The average molecular weight is 866 g/mol. The van der Waals surface area contributed by atoms with E-state index in [0.29, 0.717) is 18.4 Å². The Morgan fingerprint density at radius 1 is 1.10 bits per heavy atom. The molecule has 0 bridgehead atoms. The molecule has 3 rings (SSSR count). The molecule has 3 heterocycles. The zero-order chi connectivity index (χ0) is 45.9. The number of aliphatic hydroxyl groups excluding tert-OH is 4. The fourth-order valence-corrected chi connectivity index (χ4v) is 8.94. The predicted molar refractivity (Wildman–Crippen MR) is 228 cm³/mol. The van der Waals surface area contributed by atoms with Crippen molar-refractivity contribution in [1.82, 2.24) is 0 Å². The number of nitrogens with two attached hydrogens (primary N) is 1. The van der Waals surface area contributed by atoms with Crippen LogP contribution in [0.3, 0.4) is 0 Å². The first-order valence-electron chi connectivity index (χ1n) is 21.7. The quantitative estimate of drug-likeness (QED) is 0.119. The van der Waals surface area contributed by atoms with Crippen LogP contribution in [0.4, 0.5) is 4.79 Å². The van der Waals surface area contributed by atoms with Crippen molar-refractivity contribution in [3.63, 3.8) is 0 Å². The van der Waals surface area contributed by atoms with Crippen molar-refractivity contribution < 1.29 is 68.3 Å². The average Bonchev–Trinajstić information content (AvgIpc) is 3.19. The van der Waals surface area contributed by atoms with E-state index in [4.69, 9.17) is 38.9 Å². The fraction of sp³-hybridized carbons (Fsp3) is 0.739. The molecule has 2 fully saturated rings. The summed E-state index contributed by atoms with van der Waals surface area (Å²) in [5, 5.41) is 58.0. The highest BCUT2D eigenvalue weighted by molar-refractivity contribution is 5.87. The molecule has 15 heteroatoms. The van der Waals surface area contributed by atoms with Crippen molar-refractivity contribution in [3.8, 4) is 0 Å². The molecule has 0 spiro atoms. The molecule has 0 saturated carbocycles. The Morgan fingerprint density at radius 2 is 1.77 bits per heavy atom. The molecule has 3 aliphatic heterocycles. The van der Waals surface area contributed by atoms with E-state index in [-0.39, 0.29) is 42.3 Å². The summed E-state index contributed by atoms with van der Waals surface area (Å²) in [7, 11) is 2.81. The van der Waals surface area contributed by atoms with Gasteiger partial charge in [0.25, 0.3) is 0 Å². The minimum absolute atomic E-state index is 0.0313. The lowest BCUT2D eigenvalue weighted by molar-refractivity contribution is -0.338. The van der Waals surface area contributed by atoms with Crippen LogP contribution in [0.5, 0.6) is 0 Å². The Balaban J connectivity index is 2.00. The van der Waals surface area contributed by atoms with Gasteiger partial charge < -0.3 is 64.4 Å². The lowest BCUT2D eigenvalue weighted by atomic mass is 9.77. The highest BCUT2D eigenvalue weighted by Gasteiger charge is 2.52. The number of carbonyl (C=O) groups is 2. The Morgan fingerprint density at radius 3 is 2.34 bits per heavy atom. The summed E-state index contributed by atoms with van der Waals surface area (Å²) in [6.07, 6.45) is 2.20. The first kappa shape index (κ1) is 52.2. The molecule has 0 aromatic rings. The summed E-state index contributed by atoms with van der Waals surface area (Å²) >= 11 is 0. The number of aliphatic hydroxyl groups is 5. The maximum absolute atomic E-state index is 13.9. The van der Waals surface area contributed by atoms with Gasteiger partial charge >= 0.3 is 12.1 Å². The molecule has 18 atom stereocenters. The largest absolute Gasteiger partial charge is 0.490 e. The summed E-state index contributed by atoms with van der Waals surface area (Å²) in [6.45, 7) is 18.2. The number of carbonyl (C=O) groups excluding carboxylic acids is 2. The number of ether oxygens (including phenoxy) is 7. The van der Waals surface area contributed by atoms with Gasteiger partial charge in [0.15, 0.2) is 18.2 Å². The molecule has 15 nitrogen and oxygen atoms in total. The molecule has 2 saturated heterocycles. The number of amides is 1. The van der Waals surface area contributed by atoms with Crippen molar-refractivity contribution in [2.45, 2.75) is 168 Å². The molecular weight excluding hydrogens is 790 g/mol. The van der Waals surface area contributed by atoms with Gasteiger partial charge in [-0.05, 0) is 52.5 Å². The molecule has 0 aromatic carbocycles. The third-order valence-electron chi connectivity index (χ3n) is 12.8. The lowest BCUT2D eigenvalue weighted by Gasteiger charge is -2.49. The van der Waals surface area contributed by atoms with Gasteiger partial charge in [0, 0.05) is 49.5 Å². The summed E-state index contributed by atoms with van der Waals surface area (Å²) in [4.78, 5) is 25.4. The smallest absolute Gasteiger partial charge is 0.404 e. The van der Waals surface area contributed by atoms with E-state index < -0.39 is 97.0 Å².